The smallest absolute Gasteiger partial charge is 0.372 e. The third kappa shape index (κ3) is 2.82. The number of carboxylic acid groups (broad SMARTS) is 1. The fraction of sp³-hybridized carbons (Fsp3) is 0.0833. The highest BCUT2D eigenvalue weighted by Gasteiger charge is 2.26. The highest BCUT2D eigenvalue weighted by atomic mass is 35.5. The van der Waals surface area contributed by atoms with Gasteiger partial charge in [-0.15, -0.1) is 0 Å². The van der Waals surface area contributed by atoms with Crippen LogP contribution in [0.4, 0.5) is 0 Å². The number of hydrogen-bond donors (Lipinski definition) is 1. The van der Waals surface area contributed by atoms with Crippen LogP contribution < -0.4 is 0 Å². The summed E-state index contributed by atoms with van der Waals surface area (Å²) in [6, 6.07) is 5.59. The molecule has 0 radical (unpaired) electrons. The molecule has 0 bridgehead atoms. The monoisotopic (exact) mass is 334 g/mol. The first-order valence-corrected chi connectivity index (χ1v) is 7.70. The van der Waals surface area contributed by atoms with E-state index >= 15 is 0 Å². The van der Waals surface area contributed by atoms with Gasteiger partial charge in [0.25, 0.3) is 0 Å². The van der Waals surface area contributed by atoms with Crippen LogP contribution in [0.3, 0.4) is 0 Å². The SMILES string of the molecule is O=C(O)c1occc1CS(=O)(=O)c1c(Cl)cccc1Cl. The van der Waals surface area contributed by atoms with Crippen molar-refractivity contribution in [3.63, 3.8) is 0 Å². The minimum atomic E-state index is -3.89. The van der Waals surface area contributed by atoms with Gasteiger partial charge in [0.05, 0.1) is 22.1 Å². The predicted molar refractivity (Wildman–Crippen MR) is 73.0 cm³/mol. The van der Waals surface area contributed by atoms with Crippen LogP contribution >= 0.6 is 23.2 Å². The summed E-state index contributed by atoms with van der Waals surface area (Å²) >= 11 is 11.7. The molecular weight excluding hydrogens is 327 g/mol. The van der Waals surface area contributed by atoms with Gasteiger partial charge in [0, 0.05) is 5.56 Å². The van der Waals surface area contributed by atoms with E-state index in [0.717, 1.165) is 6.26 Å². The maximum atomic E-state index is 12.3. The maximum Gasteiger partial charge on any atom is 0.372 e. The molecule has 0 fully saturated rings. The van der Waals surface area contributed by atoms with Gasteiger partial charge < -0.3 is 9.52 Å². The van der Waals surface area contributed by atoms with Crippen molar-refractivity contribution in [1.82, 2.24) is 0 Å². The number of carboxylic acids is 1. The molecule has 0 saturated carbocycles. The highest BCUT2D eigenvalue weighted by molar-refractivity contribution is 7.90. The summed E-state index contributed by atoms with van der Waals surface area (Å²) in [6.45, 7) is 0. The third-order valence-electron chi connectivity index (χ3n) is 2.52. The topological polar surface area (TPSA) is 84.6 Å². The molecule has 0 saturated heterocycles. The van der Waals surface area contributed by atoms with E-state index in [9.17, 15) is 13.2 Å². The Hall–Kier alpha value is -1.50. The Morgan fingerprint density at radius 2 is 1.80 bits per heavy atom. The fourth-order valence-electron chi connectivity index (χ4n) is 1.69. The van der Waals surface area contributed by atoms with Gasteiger partial charge in [0.15, 0.2) is 9.84 Å². The number of hydrogen-bond acceptors (Lipinski definition) is 4. The van der Waals surface area contributed by atoms with Crippen LogP contribution in [0.2, 0.25) is 10.0 Å². The number of aromatic carboxylic acids is 1. The Bertz CT molecular complexity index is 744. The molecule has 1 aromatic carbocycles. The zero-order valence-corrected chi connectivity index (χ0v) is 12.2. The van der Waals surface area contributed by atoms with E-state index in [1.807, 2.05) is 0 Å². The first-order valence-electron chi connectivity index (χ1n) is 5.29. The third-order valence-corrected chi connectivity index (χ3v) is 5.12. The van der Waals surface area contributed by atoms with Crippen LogP contribution in [0.1, 0.15) is 16.1 Å². The second-order valence-corrected chi connectivity index (χ2v) is 6.63. The molecule has 0 atom stereocenters. The van der Waals surface area contributed by atoms with E-state index in [1.54, 1.807) is 0 Å². The van der Waals surface area contributed by atoms with Gasteiger partial charge >= 0.3 is 5.97 Å². The van der Waals surface area contributed by atoms with E-state index in [1.165, 1.54) is 24.3 Å². The molecular formula is C12H8Cl2O5S. The second-order valence-electron chi connectivity index (χ2n) is 3.89. The molecule has 0 spiro atoms. The maximum absolute atomic E-state index is 12.3. The summed E-state index contributed by atoms with van der Waals surface area (Å²) in [5.41, 5.74) is 0.0356. The molecule has 20 heavy (non-hydrogen) atoms. The summed E-state index contributed by atoms with van der Waals surface area (Å²) in [5, 5.41) is 8.86. The molecule has 2 rings (SSSR count). The van der Waals surface area contributed by atoms with Gasteiger partial charge in [-0.3, -0.25) is 0 Å². The zero-order valence-electron chi connectivity index (χ0n) is 9.84. The molecule has 0 amide bonds. The Morgan fingerprint density at radius 3 is 2.35 bits per heavy atom. The Labute approximate surface area is 124 Å². The standard InChI is InChI=1S/C12H8Cl2O5S/c13-8-2-1-3-9(14)11(8)20(17,18)6-7-4-5-19-10(7)12(15)16/h1-5H,6H2,(H,15,16). The lowest BCUT2D eigenvalue weighted by Gasteiger charge is -2.07. The van der Waals surface area contributed by atoms with Crippen molar-refractivity contribution in [2.45, 2.75) is 10.6 Å². The summed E-state index contributed by atoms with van der Waals surface area (Å²) in [5.74, 6) is -2.32. The fourth-order valence-corrected chi connectivity index (χ4v) is 4.31. The van der Waals surface area contributed by atoms with E-state index in [-0.39, 0.29) is 20.5 Å². The molecule has 2 aromatic rings. The van der Waals surface area contributed by atoms with E-state index in [2.05, 4.69) is 0 Å². The molecule has 5 nitrogen and oxygen atoms in total. The van der Waals surface area contributed by atoms with Gasteiger partial charge in [-0.05, 0) is 18.2 Å². The van der Waals surface area contributed by atoms with Crippen molar-refractivity contribution in [2.24, 2.45) is 0 Å². The summed E-state index contributed by atoms with van der Waals surface area (Å²) in [7, 11) is -3.89. The number of benzene rings is 1. The largest absolute Gasteiger partial charge is 0.475 e. The minimum Gasteiger partial charge on any atom is -0.475 e. The number of carbonyl (C=O) groups is 1. The van der Waals surface area contributed by atoms with Crippen LogP contribution in [-0.2, 0) is 15.6 Å². The molecule has 1 N–H and O–H groups in total. The van der Waals surface area contributed by atoms with Gasteiger partial charge in [-0.25, -0.2) is 13.2 Å². The van der Waals surface area contributed by atoms with Crippen LogP contribution in [0.15, 0.2) is 39.8 Å². The average molecular weight is 335 g/mol. The van der Waals surface area contributed by atoms with Crippen molar-refractivity contribution >= 4 is 39.0 Å². The normalized spacial score (nSPS) is 11.5. The quantitative estimate of drug-likeness (QED) is 0.927. The first-order chi connectivity index (χ1) is 9.33. The zero-order chi connectivity index (χ0) is 14.9. The van der Waals surface area contributed by atoms with Gasteiger partial charge in [-0.2, -0.15) is 0 Å². The lowest BCUT2D eigenvalue weighted by molar-refractivity contribution is 0.0661. The lowest BCUT2D eigenvalue weighted by Crippen LogP contribution is -2.09. The van der Waals surface area contributed by atoms with E-state index in [4.69, 9.17) is 32.7 Å². The van der Waals surface area contributed by atoms with Crippen molar-refractivity contribution in [3.05, 3.63) is 51.9 Å². The Kier molecular flexibility index (Phi) is 4.08. The molecule has 106 valence electrons. The van der Waals surface area contributed by atoms with Crippen molar-refractivity contribution < 1.29 is 22.7 Å². The van der Waals surface area contributed by atoms with E-state index < -0.39 is 27.3 Å². The second kappa shape index (κ2) is 5.47. The van der Waals surface area contributed by atoms with Crippen LogP contribution in [0.25, 0.3) is 0 Å². The van der Waals surface area contributed by atoms with Crippen molar-refractivity contribution in [1.29, 1.82) is 0 Å². The van der Waals surface area contributed by atoms with Crippen molar-refractivity contribution in [2.75, 3.05) is 0 Å². The molecule has 0 unspecified atom stereocenters. The average Bonchev–Trinajstić information content (AvgIpc) is 2.75. The first kappa shape index (κ1) is 14.9. The summed E-state index contributed by atoms with van der Waals surface area (Å²) in [4.78, 5) is 10.7. The Morgan fingerprint density at radius 1 is 1.20 bits per heavy atom. The van der Waals surface area contributed by atoms with Crippen LogP contribution in [0.5, 0.6) is 0 Å². The number of halogens is 2. The van der Waals surface area contributed by atoms with Gasteiger partial charge in [-0.1, -0.05) is 29.3 Å². The number of furan rings is 1. The molecule has 1 heterocycles. The molecule has 0 aliphatic carbocycles. The molecule has 8 heteroatoms. The molecule has 0 aliphatic rings. The lowest BCUT2D eigenvalue weighted by atomic mass is 10.3. The minimum absolute atomic E-state index is 0.0159. The van der Waals surface area contributed by atoms with Crippen LogP contribution in [-0.4, -0.2) is 19.5 Å². The highest BCUT2D eigenvalue weighted by Crippen LogP contribution is 2.32. The number of sulfone groups is 1. The molecule has 0 aliphatic heterocycles. The molecule has 1 aromatic heterocycles. The number of rotatable bonds is 4. The summed E-state index contributed by atoms with van der Waals surface area (Å²) in [6.07, 6.45) is 1.11. The van der Waals surface area contributed by atoms with Gasteiger partial charge in [0.2, 0.25) is 5.76 Å². The summed E-state index contributed by atoms with van der Waals surface area (Å²) < 4.78 is 29.4. The van der Waals surface area contributed by atoms with E-state index in [0.29, 0.717) is 0 Å². The predicted octanol–water partition coefficient (Wildman–Crippen LogP) is 3.26. The van der Waals surface area contributed by atoms with Crippen molar-refractivity contribution in [3.8, 4) is 0 Å². The Balaban J connectivity index is 2.47. The van der Waals surface area contributed by atoms with Crippen LogP contribution in [0, 0.1) is 0 Å². The van der Waals surface area contributed by atoms with Gasteiger partial charge in [0.1, 0.15) is 4.90 Å².